The molecule has 2 heterocycles. The third kappa shape index (κ3) is 5.24. The molecular weight excluding hydrogens is 442 g/mol. The molecule has 7 nitrogen and oxygen atoms in total. The van der Waals surface area contributed by atoms with E-state index >= 15 is 0 Å². The minimum absolute atomic E-state index is 0.00571. The van der Waals surface area contributed by atoms with Gasteiger partial charge in [0, 0.05) is 12.3 Å². The van der Waals surface area contributed by atoms with Crippen molar-refractivity contribution in [3.63, 3.8) is 0 Å². The maximum atomic E-state index is 11.9. The fraction of sp³-hybridized carbons (Fsp3) is 0.179. The predicted octanol–water partition coefficient (Wildman–Crippen LogP) is 6.76. The summed E-state index contributed by atoms with van der Waals surface area (Å²) in [5.74, 6) is 1.15. The first-order chi connectivity index (χ1) is 16.7. The first-order valence-electron chi connectivity index (χ1n) is 11.2. The van der Waals surface area contributed by atoms with Gasteiger partial charge < -0.3 is 25.0 Å². The summed E-state index contributed by atoms with van der Waals surface area (Å²) in [6.45, 7) is 8.16. The van der Waals surface area contributed by atoms with Gasteiger partial charge in [-0.3, -0.25) is 0 Å². The van der Waals surface area contributed by atoms with E-state index < -0.39 is 5.97 Å². The Labute approximate surface area is 203 Å². The van der Waals surface area contributed by atoms with Crippen molar-refractivity contribution in [2.45, 2.75) is 34.2 Å². The average Bonchev–Trinajstić information content (AvgIpc) is 3.36. The highest BCUT2D eigenvalue weighted by atomic mass is 16.5. The topological polar surface area (TPSA) is 108 Å². The minimum Gasteiger partial charge on any atom is -0.478 e. The fourth-order valence-corrected chi connectivity index (χ4v) is 3.82. The van der Waals surface area contributed by atoms with Crippen LogP contribution < -0.4 is 10.1 Å². The maximum absolute atomic E-state index is 11.9. The highest BCUT2D eigenvalue weighted by molar-refractivity contribution is 6.09. The van der Waals surface area contributed by atoms with E-state index in [1.807, 2.05) is 36.4 Å². The number of nitrogens with zero attached hydrogens (tertiary/aromatic N) is 1. The molecule has 0 aliphatic rings. The van der Waals surface area contributed by atoms with Crippen molar-refractivity contribution in [3.05, 3.63) is 94.2 Å². The van der Waals surface area contributed by atoms with Crippen molar-refractivity contribution >= 4 is 17.5 Å². The van der Waals surface area contributed by atoms with Crippen molar-refractivity contribution in [2.75, 3.05) is 5.32 Å². The number of benzene rings is 2. The summed E-state index contributed by atoms with van der Waals surface area (Å²) in [6.07, 6.45) is 1.50. The molecule has 2 aromatic heterocycles. The highest BCUT2D eigenvalue weighted by Gasteiger charge is 2.21. The van der Waals surface area contributed by atoms with Crippen LogP contribution in [0, 0.1) is 26.2 Å². The lowest BCUT2D eigenvalue weighted by atomic mass is 10.0. The van der Waals surface area contributed by atoms with Gasteiger partial charge in [0.05, 0.1) is 17.4 Å². The van der Waals surface area contributed by atoms with Gasteiger partial charge in [0.1, 0.15) is 23.0 Å². The molecule has 4 rings (SSSR count). The second-order valence-corrected chi connectivity index (χ2v) is 8.47. The van der Waals surface area contributed by atoms with Gasteiger partial charge >= 0.3 is 5.97 Å². The first kappa shape index (κ1) is 23.8. The molecule has 0 amide bonds. The summed E-state index contributed by atoms with van der Waals surface area (Å²) < 4.78 is 11.4. The summed E-state index contributed by atoms with van der Waals surface area (Å²) >= 11 is 0. The average molecular weight is 470 g/mol. The number of carbonyl (C=O) groups is 1. The minimum atomic E-state index is -1.13. The number of anilines is 1. The molecule has 0 unspecified atom stereocenters. The van der Waals surface area contributed by atoms with Crippen LogP contribution in [0.5, 0.6) is 11.5 Å². The van der Waals surface area contributed by atoms with E-state index in [9.17, 15) is 9.90 Å². The third-order valence-corrected chi connectivity index (χ3v) is 5.92. The number of aromatic nitrogens is 1. The summed E-state index contributed by atoms with van der Waals surface area (Å²) in [4.78, 5) is 16.5. The van der Waals surface area contributed by atoms with E-state index in [1.165, 1.54) is 29.0 Å². The number of aryl methyl sites for hydroxylation is 2. The monoisotopic (exact) mass is 469 g/mol. The van der Waals surface area contributed by atoms with Gasteiger partial charge in [0.2, 0.25) is 0 Å². The molecule has 0 radical (unpaired) electrons. The quantitative estimate of drug-likeness (QED) is 0.246. The number of nitrogens with one attached hydrogen (secondary N) is 2. The molecule has 0 spiro atoms. The van der Waals surface area contributed by atoms with Crippen molar-refractivity contribution in [3.8, 4) is 23.0 Å². The van der Waals surface area contributed by atoms with Gasteiger partial charge in [-0.1, -0.05) is 12.1 Å². The zero-order valence-corrected chi connectivity index (χ0v) is 20.1. The number of hydrogen-bond donors (Lipinski definition) is 3. The smallest absolute Gasteiger partial charge is 0.336 e. The highest BCUT2D eigenvalue weighted by Crippen LogP contribution is 2.29. The van der Waals surface area contributed by atoms with Crippen molar-refractivity contribution in [1.29, 1.82) is 5.41 Å². The van der Waals surface area contributed by atoms with E-state index in [-0.39, 0.29) is 16.8 Å². The summed E-state index contributed by atoms with van der Waals surface area (Å²) in [5, 5.41) is 21.1. The first-order valence-corrected chi connectivity index (χ1v) is 11.2. The molecule has 4 aromatic rings. The van der Waals surface area contributed by atoms with Crippen LogP contribution in [0.3, 0.4) is 0 Å². The molecule has 7 heteroatoms. The number of ether oxygens (including phenoxy) is 1. The molecular formula is C28H27N3O4. The van der Waals surface area contributed by atoms with Crippen molar-refractivity contribution in [1.82, 2.24) is 4.98 Å². The van der Waals surface area contributed by atoms with E-state index in [0.29, 0.717) is 23.8 Å². The molecule has 0 saturated heterocycles. The van der Waals surface area contributed by atoms with Crippen LogP contribution in [0.2, 0.25) is 0 Å². The van der Waals surface area contributed by atoms with Crippen LogP contribution >= 0.6 is 0 Å². The molecule has 0 fully saturated rings. The Morgan fingerprint density at radius 1 is 1.06 bits per heavy atom. The lowest BCUT2D eigenvalue weighted by Crippen LogP contribution is -2.14. The molecule has 3 N–H and O–H groups in total. The van der Waals surface area contributed by atoms with E-state index in [0.717, 1.165) is 17.1 Å². The number of rotatable bonds is 8. The maximum Gasteiger partial charge on any atom is 0.336 e. The fourth-order valence-electron chi connectivity index (χ4n) is 3.82. The van der Waals surface area contributed by atoms with Crippen molar-refractivity contribution < 1.29 is 19.1 Å². The van der Waals surface area contributed by atoms with Gasteiger partial charge in [-0.2, -0.15) is 0 Å². The van der Waals surface area contributed by atoms with E-state index in [4.69, 9.17) is 14.6 Å². The Kier molecular flexibility index (Phi) is 6.68. The van der Waals surface area contributed by atoms with Gasteiger partial charge in [0.25, 0.3) is 0 Å². The summed E-state index contributed by atoms with van der Waals surface area (Å²) in [7, 11) is 0. The predicted molar refractivity (Wildman–Crippen MR) is 136 cm³/mol. The molecule has 35 heavy (non-hydrogen) atoms. The van der Waals surface area contributed by atoms with Gasteiger partial charge in [0.15, 0.2) is 5.76 Å². The molecule has 178 valence electrons. The lowest BCUT2D eigenvalue weighted by Gasteiger charge is -2.15. The Hall–Kier alpha value is -4.39. The van der Waals surface area contributed by atoms with Crippen LogP contribution in [0.15, 0.2) is 65.3 Å². The van der Waals surface area contributed by atoms with Gasteiger partial charge in [-0.25, -0.2) is 9.78 Å². The second-order valence-electron chi connectivity index (χ2n) is 8.47. The van der Waals surface area contributed by atoms with Gasteiger partial charge in [-0.15, -0.1) is 0 Å². The van der Waals surface area contributed by atoms with Gasteiger partial charge in [-0.05, 0) is 92.4 Å². The molecule has 0 aliphatic heterocycles. The number of aromatic carboxylic acids is 1. The van der Waals surface area contributed by atoms with Crippen LogP contribution in [-0.4, -0.2) is 21.8 Å². The van der Waals surface area contributed by atoms with Crippen molar-refractivity contribution in [2.24, 2.45) is 0 Å². The zero-order chi connectivity index (χ0) is 25.1. The Morgan fingerprint density at radius 2 is 1.74 bits per heavy atom. The number of hydrogen-bond acceptors (Lipinski definition) is 6. The number of furan rings is 1. The Bertz CT molecular complexity index is 1370. The van der Waals surface area contributed by atoms with E-state index in [2.05, 4.69) is 31.1 Å². The normalized spacial score (nSPS) is 10.7. The number of carboxylic acid groups (broad SMARTS) is 1. The Balaban J connectivity index is 1.56. The van der Waals surface area contributed by atoms with Crippen LogP contribution in [0.1, 0.15) is 45.1 Å². The zero-order valence-electron chi connectivity index (χ0n) is 20.1. The molecule has 2 aromatic carbocycles. The molecule has 0 aliphatic carbocycles. The molecule has 0 atom stereocenters. The van der Waals surface area contributed by atoms with E-state index in [1.54, 1.807) is 19.1 Å². The Morgan fingerprint density at radius 3 is 2.31 bits per heavy atom. The SMILES string of the molecule is CC(=N)c1c(C(=O)O)cc(-c2ccco2)nc1NCc1ccc(Oc2cc(C)c(C)c(C)c2)cc1. The third-order valence-electron chi connectivity index (χ3n) is 5.92. The second kappa shape index (κ2) is 9.85. The standard InChI is InChI=1S/C28H27N3O4/c1-16-12-22(13-17(2)18(16)3)35-21-9-7-20(8-10-21)15-30-27-26(19(4)29)23(28(32)33)14-24(31-27)25-6-5-11-34-25/h5-14,29H,15H2,1-4H3,(H,30,31)(H,32,33). The van der Waals surface area contributed by atoms with Crippen LogP contribution in [0.4, 0.5) is 5.82 Å². The number of carboxylic acids is 1. The largest absolute Gasteiger partial charge is 0.478 e. The van der Waals surface area contributed by atoms with Crippen LogP contribution in [0.25, 0.3) is 11.5 Å². The molecule has 0 bridgehead atoms. The van der Waals surface area contributed by atoms with Crippen LogP contribution in [-0.2, 0) is 6.54 Å². The summed E-state index contributed by atoms with van der Waals surface area (Å²) in [6, 6.07) is 16.5. The lowest BCUT2D eigenvalue weighted by molar-refractivity contribution is 0.0696. The summed E-state index contributed by atoms with van der Waals surface area (Å²) in [5.41, 5.74) is 5.31. The molecule has 0 saturated carbocycles. The number of pyridine rings is 1.